The van der Waals surface area contributed by atoms with Crippen LogP contribution in [0.3, 0.4) is 0 Å². The van der Waals surface area contributed by atoms with Gasteiger partial charge in [-0.25, -0.2) is 17.6 Å². The highest BCUT2D eigenvalue weighted by atomic mass is 19.2. The minimum Gasteiger partial charge on any atom is -0.387 e. The zero-order valence-corrected chi connectivity index (χ0v) is 10.2. The number of aliphatic hydroxyl groups is 1. The van der Waals surface area contributed by atoms with Crippen molar-refractivity contribution in [3.63, 3.8) is 0 Å². The van der Waals surface area contributed by atoms with Gasteiger partial charge in [0.1, 0.15) is 0 Å². The lowest BCUT2D eigenvalue weighted by Crippen LogP contribution is -2.12. The van der Waals surface area contributed by atoms with E-state index in [0.717, 1.165) is 24.3 Å². The Morgan fingerprint density at radius 3 is 2.05 bits per heavy atom. The summed E-state index contributed by atoms with van der Waals surface area (Å²) in [6, 6.07) is 6.22. The Balaban J connectivity index is 2.02. The molecular weight excluding hydrogens is 274 g/mol. The highest BCUT2D eigenvalue weighted by Gasteiger charge is 2.11. The van der Waals surface area contributed by atoms with Crippen molar-refractivity contribution in [3.05, 3.63) is 65.2 Å². The van der Waals surface area contributed by atoms with Crippen LogP contribution >= 0.6 is 0 Å². The van der Waals surface area contributed by atoms with Crippen molar-refractivity contribution in [2.75, 3.05) is 11.9 Å². The van der Waals surface area contributed by atoms with Gasteiger partial charge < -0.3 is 10.4 Å². The van der Waals surface area contributed by atoms with E-state index in [0.29, 0.717) is 0 Å². The number of rotatable bonds is 4. The number of anilines is 1. The minimum atomic E-state index is -1.11. The molecule has 2 N–H and O–H groups in total. The van der Waals surface area contributed by atoms with Gasteiger partial charge in [0.25, 0.3) is 0 Å². The van der Waals surface area contributed by atoms with Gasteiger partial charge in [-0.1, -0.05) is 6.07 Å². The first-order valence-electron chi connectivity index (χ1n) is 5.79. The molecule has 0 heterocycles. The van der Waals surface area contributed by atoms with E-state index in [4.69, 9.17) is 0 Å². The van der Waals surface area contributed by atoms with Gasteiger partial charge in [0, 0.05) is 18.3 Å². The fraction of sp³-hybridized carbons (Fsp3) is 0.143. The molecule has 0 saturated heterocycles. The molecule has 106 valence electrons. The van der Waals surface area contributed by atoms with Crippen LogP contribution in [0, 0.1) is 23.3 Å². The predicted molar refractivity (Wildman–Crippen MR) is 66.2 cm³/mol. The zero-order chi connectivity index (χ0) is 14.7. The summed E-state index contributed by atoms with van der Waals surface area (Å²) in [7, 11) is 0. The zero-order valence-electron chi connectivity index (χ0n) is 10.2. The Morgan fingerprint density at radius 2 is 1.45 bits per heavy atom. The van der Waals surface area contributed by atoms with Gasteiger partial charge in [-0.05, 0) is 29.8 Å². The van der Waals surface area contributed by atoms with Gasteiger partial charge >= 0.3 is 0 Å². The molecule has 0 spiro atoms. The molecule has 1 unspecified atom stereocenters. The van der Waals surface area contributed by atoms with E-state index in [1.54, 1.807) is 0 Å². The van der Waals surface area contributed by atoms with E-state index in [1.807, 2.05) is 0 Å². The molecule has 0 saturated carbocycles. The predicted octanol–water partition coefficient (Wildman–Crippen LogP) is 3.39. The maximum atomic E-state index is 13.0. The topological polar surface area (TPSA) is 32.3 Å². The van der Waals surface area contributed by atoms with E-state index < -0.39 is 29.4 Å². The van der Waals surface area contributed by atoms with Crippen molar-refractivity contribution in [2.24, 2.45) is 0 Å². The molecule has 0 amide bonds. The van der Waals surface area contributed by atoms with Gasteiger partial charge in [0.2, 0.25) is 0 Å². The number of benzene rings is 2. The third-order valence-corrected chi connectivity index (χ3v) is 2.75. The fourth-order valence-corrected chi connectivity index (χ4v) is 1.66. The van der Waals surface area contributed by atoms with Gasteiger partial charge in [-0.2, -0.15) is 0 Å². The second-order valence-corrected chi connectivity index (χ2v) is 4.20. The number of hydrogen-bond donors (Lipinski definition) is 2. The fourth-order valence-electron chi connectivity index (χ4n) is 1.66. The quantitative estimate of drug-likeness (QED) is 0.844. The lowest BCUT2D eigenvalue weighted by Gasteiger charge is -2.13. The smallest absolute Gasteiger partial charge is 0.160 e. The standard InChI is InChI=1S/C14H11F4NO/c15-10-3-1-8(5-12(10)17)14(20)7-19-9-2-4-11(16)13(18)6-9/h1-6,14,19-20H,7H2. The Bertz CT molecular complexity index is 618. The second kappa shape index (κ2) is 5.92. The molecule has 2 aromatic rings. The Kier molecular flexibility index (Phi) is 4.24. The molecule has 0 bridgehead atoms. The lowest BCUT2D eigenvalue weighted by atomic mass is 10.1. The number of aliphatic hydroxyl groups excluding tert-OH is 1. The van der Waals surface area contributed by atoms with E-state index in [1.165, 1.54) is 12.1 Å². The summed E-state index contributed by atoms with van der Waals surface area (Å²) < 4.78 is 51.4. The number of hydrogen-bond acceptors (Lipinski definition) is 2. The molecule has 0 radical (unpaired) electrons. The summed E-state index contributed by atoms with van der Waals surface area (Å²) in [6.45, 7) is -0.0594. The Morgan fingerprint density at radius 1 is 0.850 bits per heavy atom. The van der Waals surface area contributed by atoms with E-state index in [9.17, 15) is 22.7 Å². The Hall–Kier alpha value is -2.08. The van der Waals surface area contributed by atoms with Crippen LogP contribution in [-0.4, -0.2) is 11.7 Å². The van der Waals surface area contributed by atoms with Crippen LogP contribution in [0.25, 0.3) is 0 Å². The van der Waals surface area contributed by atoms with Crippen molar-refractivity contribution < 1.29 is 22.7 Å². The van der Waals surface area contributed by atoms with Crippen LogP contribution in [0.1, 0.15) is 11.7 Å². The third-order valence-electron chi connectivity index (χ3n) is 2.75. The van der Waals surface area contributed by atoms with Crippen LogP contribution in [-0.2, 0) is 0 Å². The monoisotopic (exact) mass is 285 g/mol. The summed E-state index contributed by atoms with van der Waals surface area (Å²) in [5.41, 5.74) is 0.449. The van der Waals surface area contributed by atoms with Crippen molar-refractivity contribution in [2.45, 2.75) is 6.10 Å². The number of halogens is 4. The molecule has 0 aromatic heterocycles. The molecule has 2 nitrogen and oxygen atoms in total. The summed E-state index contributed by atoms with van der Waals surface area (Å²) in [5, 5.41) is 12.5. The maximum absolute atomic E-state index is 13.0. The normalized spacial score (nSPS) is 12.2. The van der Waals surface area contributed by atoms with Gasteiger partial charge in [-0.15, -0.1) is 0 Å². The molecule has 0 aliphatic carbocycles. The largest absolute Gasteiger partial charge is 0.387 e. The van der Waals surface area contributed by atoms with Crippen LogP contribution in [0.4, 0.5) is 23.2 Å². The maximum Gasteiger partial charge on any atom is 0.160 e. The van der Waals surface area contributed by atoms with E-state index >= 15 is 0 Å². The summed E-state index contributed by atoms with van der Waals surface area (Å²) in [4.78, 5) is 0. The summed E-state index contributed by atoms with van der Waals surface area (Å²) in [5.74, 6) is -4.06. The van der Waals surface area contributed by atoms with E-state index in [2.05, 4.69) is 5.32 Å². The average Bonchev–Trinajstić information content (AvgIpc) is 2.43. The van der Waals surface area contributed by atoms with Crippen LogP contribution in [0.5, 0.6) is 0 Å². The molecule has 2 aromatic carbocycles. The van der Waals surface area contributed by atoms with E-state index in [-0.39, 0.29) is 17.8 Å². The minimum absolute atomic E-state index is 0.0594. The SMILES string of the molecule is OC(CNc1ccc(F)c(F)c1)c1ccc(F)c(F)c1. The molecule has 1 atom stereocenters. The van der Waals surface area contributed by atoms with Crippen molar-refractivity contribution >= 4 is 5.69 Å². The van der Waals surface area contributed by atoms with Gasteiger partial charge in [0.15, 0.2) is 23.3 Å². The molecule has 20 heavy (non-hydrogen) atoms. The molecule has 0 fully saturated rings. The number of nitrogens with one attached hydrogen (secondary N) is 1. The highest BCUT2D eigenvalue weighted by Crippen LogP contribution is 2.18. The lowest BCUT2D eigenvalue weighted by molar-refractivity contribution is 0.191. The van der Waals surface area contributed by atoms with Crippen molar-refractivity contribution in [3.8, 4) is 0 Å². The summed E-state index contributed by atoms with van der Waals surface area (Å²) >= 11 is 0. The second-order valence-electron chi connectivity index (χ2n) is 4.20. The molecule has 2 rings (SSSR count). The van der Waals surface area contributed by atoms with Crippen LogP contribution in [0.2, 0.25) is 0 Å². The first-order chi connectivity index (χ1) is 9.47. The molecule has 0 aliphatic heterocycles. The van der Waals surface area contributed by atoms with Crippen molar-refractivity contribution in [1.29, 1.82) is 0 Å². The average molecular weight is 285 g/mol. The first kappa shape index (κ1) is 14.3. The first-order valence-corrected chi connectivity index (χ1v) is 5.79. The molecular formula is C14H11F4NO. The van der Waals surface area contributed by atoms with Crippen LogP contribution < -0.4 is 5.32 Å². The van der Waals surface area contributed by atoms with Crippen molar-refractivity contribution in [1.82, 2.24) is 0 Å². The molecule has 0 aliphatic rings. The van der Waals surface area contributed by atoms with Gasteiger partial charge in [-0.3, -0.25) is 0 Å². The van der Waals surface area contributed by atoms with Gasteiger partial charge in [0.05, 0.1) is 6.10 Å². The summed E-state index contributed by atoms with van der Waals surface area (Å²) in [6.07, 6.45) is -1.11. The highest BCUT2D eigenvalue weighted by molar-refractivity contribution is 5.43. The third kappa shape index (κ3) is 3.27. The van der Waals surface area contributed by atoms with Crippen LogP contribution in [0.15, 0.2) is 36.4 Å². The molecule has 6 heteroatoms. The Labute approximate surface area is 112 Å².